The lowest BCUT2D eigenvalue weighted by atomic mass is 10.3. The number of thiazole rings is 1. The molecule has 0 fully saturated rings. The molecule has 3 aromatic rings. The molecule has 0 unspecified atom stereocenters. The van der Waals surface area contributed by atoms with Crippen molar-refractivity contribution >= 4 is 33.2 Å². The maximum absolute atomic E-state index is 12.5. The van der Waals surface area contributed by atoms with E-state index >= 15 is 0 Å². The lowest BCUT2D eigenvalue weighted by Crippen LogP contribution is -1.96. The van der Waals surface area contributed by atoms with E-state index in [9.17, 15) is 8.78 Å². The van der Waals surface area contributed by atoms with Crippen molar-refractivity contribution in [2.24, 2.45) is 0 Å². The molecule has 2 heterocycles. The predicted octanol–water partition coefficient (Wildman–Crippen LogP) is 4.07. The summed E-state index contributed by atoms with van der Waals surface area (Å²) >= 11 is 7.23. The highest BCUT2D eigenvalue weighted by Crippen LogP contribution is 2.28. The molecular weight excluding hydrogens is 280 g/mol. The van der Waals surface area contributed by atoms with Crippen molar-refractivity contribution in [3.63, 3.8) is 0 Å². The lowest BCUT2D eigenvalue weighted by Gasteiger charge is -1.95. The third-order valence-electron chi connectivity index (χ3n) is 2.37. The molecule has 3 nitrogen and oxygen atoms in total. The SMILES string of the molecule is FC(F)c1cc(Cl)n(-c2nc3ccccc3s2)n1. The largest absolute Gasteiger partial charge is 0.282 e. The zero-order chi connectivity index (χ0) is 12.7. The first-order valence-electron chi connectivity index (χ1n) is 5.05. The van der Waals surface area contributed by atoms with Gasteiger partial charge in [0.1, 0.15) is 10.8 Å². The van der Waals surface area contributed by atoms with Crippen LogP contribution < -0.4 is 0 Å². The molecule has 0 aliphatic rings. The Kier molecular flexibility index (Phi) is 2.76. The summed E-state index contributed by atoms with van der Waals surface area (Å²) < 4.78 is 27.2. The van der Waals surface area contributed by atoms with E-state index in [-0.39, 0.29) is 10.8 Å². The van der Waals surface area contributed by atoms with Crippen LogP contribution in [0.25, 0.3) is 15.3 Å². The molecule has 0 spiro atoms. The summed E-state index contributed by atoms with van der Waals surface area (Å²) in [5.41, 5.74) is 0.446. The number of halogens is 3. The third-order valence-corrected chi connectivity index (χ3v) is 3.65. The van der Waals surface area contributed by atoms with Crippen LogP contribution in [0.5, 0.6) is 0 Å². The first kappa shape index (κ1) is 11.6. The molecule has 7 heteroatoms. The molecule has 0 N–H and O–H groups in total. The quantitative estimate of drug-likeness (QED) is 0.710. The standard InChI is InChI=1S/C11H6ClF2N3S/c12-9-5-7(10(13)14)16-17(9)11-15-6-3-1-2-4-8(6)18-11/h1-5,10H. The Labute approximate surface area is 110 Å². The van der Waals surface area contributed by atoms with Gasteiger partial charge < -0.3 is 0 Å². The normalized spacial score (nSPS) is 11.6. The van der Waals surface area contributed by atoms with Crippen molar-refractivity contribution in [3.8, 4) is 5.13 Å². The van der Waals surface area contributed by atoms with Gasteiger partial charge in [-0.15, -0.1) is 0 Å². The average molecular weight is 286 g/mol. The Morgan fingerprint density at radius 2 is 2.06 bits per heavy atom. The Morgan fingerprint density at radius 3 is 2.72 bits per heavy atom. The monoisotopic (exact) mass is 285 g/mol. The molecular formula is C11H6ClF2N3S. The maximum Gasteiger partial charge on any atom is 0.282 e. The minimum atomic E-state index is -2.64. The van der Waals surface area contributed by atoms with Gasteiger partial charge in [-0.05, 0) is 12.1 Å². The zero-order valence-corrected chi connectivity index (χ0v) is 10.4. The van der Waals surface area contributed by atoms with Gasteiger partial charge in [0.2, 0.25) is 5.13 Å². The van der Waals surface area contributed by atoms with Crippen LogP contribution in [0.3, 0.4) is 0 Å². The van der Waals surface area contributed by atoms with Crippen LogP contribution >= 0.6 is 22.9 Å². The molecule has 3 rings (SSSR count). The van der Waals surface area contributed by atoms with E-state index in [4.69, 9.17) is 11.6 Å². The molecule has 0 saturated carbocycles. The number of nitrogens with zero attached hydrogens (tertiary/aromatic N) is 3. The molecule has 2 aromatic heterocycles. The summed E-state index contributed by atoms with van der Waals surface area (Å²) in [6.07, 6.45) is -2.64. The summed E-state index contributed by atoms with van der Waals surface area (Å²) in [6.45, 7) is 0. The van der Waals surface area contributed by atoms with E-state index in [1.54, 1.807) is 0 Å². The summed E-state index contributed by atoms with van der Waals surface area (Å²) in [4.78, 5) is 4.31. The first-order valence-corrected chi connectivity index (χ1v) is 6.24. The molecule has 92 valence electrons. The Morgan fingerprint density at radius 1 is 1.28 bits per heavy atom. The van der Waals surface area contributed by atoms with E-state index in [2.05, 4.69) is 10.1 Å². The van der Waals surface area contributed by atoms with Crippen LogP contribution in [0.15, 0.2) is 30.3 Å². The van der Waals surface area contributed by atoms with Crippen molar-refractivity contribution in [1.29, 1.82) is 0 Å². The maximum atomic E-state index is 12.5. The molecule has 1 aromatic carbocycles. The number of aromatic nitrogens is 3. The van der Waals surface area contributed by atoms with Gasteiger partial charge >= 0.3 is 0 Å². The fourth-order valence-electron chi connectivity index (χ4n) is 1.57. The lowest BCUT2D eigenvalue weighted by molar-refractivity contribution is 0.145. The second kappa shape index (κ2) is 4.29. The van der Waals surface area contributed by atoms with Crippen LogP contribution in [0.2, 0.25) is 5.15 Å². The fraction of sp³-hybridized carbons (Fsp3) is 0.0909. The number of benzene rings is 1. The second-order valence-electron chi connectivity index (χ2n) is 3.57. The van der Waals surface area contributed by atoms with Gasteiger partial charge in [0, 0.05) is 6.07 Å². The number of alkyl halides is 2. The van der Waals surface area contributed by atoms with E-state index in [0.717, 1.165) is 16.3 Å². The molecule has 0 amide bonds. The molecule has 0 saturated heterocycles. The number of hydrogen-bond acceptors (Lipinski definition) is 3. The van der Waals surface area contributed by atoms with Gasteiger partial charge in [0.25, 0.3) is 6.43 Å². The molecule has 0 radical (unpaired) electrons. The van der Waals surface area contributed by atoms with Crippen molar-refractivity contribution in [1.82, 2.24) is 14.8 Å². The number of hydrogen-bond donors (Lipinski definition) is 0. The van der Waals surface area contributed by atoms with Gasteiger partial charge in [-0.1, -0.05) is 35.1 Å². The minimum absolute atomic E-state index is 0.129. The van der Waals surface area contributed by atoms with Crippen LogP contribution in [0.4, 0.5) is 8.78 Å². The van der Waals surface area contributed by atoms with Gasteiger partial charge in [-0.3, -0.25) is 0 Å². The Hall–Kier alpha value is -1.53. The van der Waals surface area contributed by atoms with E-state index in [0.29, 0.717) is 5.13 Å². The van der Waals surface area contributed by atoms with E-state index in [1.165, 1.54) is 16.0 Å². The van der Waals surface area contributed by atoms with Crippen molar-refractivity contribution in [2.75, 3.05) is 0 Å². The minimum Gasteiger partial charge on any atom is -0.218 e. The Balaban J connectivity index is 2.13. The van der Waals surface area contributed by atoms with Crippen molar-refractivity contribution in [3.05, 3.63) is 41.2 Å². The summed E-state index contributed by atoms with van der Waals surface area (Å²) in [5.74, 6) is 0. The van der Waals surface area contributed by atoms with E-state index in [1.807, 2.05) is 24.3 Å². The number of rotatable bonds is 2. The summed E-state index contributed by atoms with van der Waals surface area (Å²) in [6, 6.07) is 8.65. The fourth-order valence-corrected chi connectivity index (χ4v) is 2.78. The third kappa shape index (κ3) is 1.87. The van der Waals surface area contributed by atoms with Gasteiger partial charge in [-0.25, -0.2) is 13.8 Å². The summed E-state index contributed by atoms with van der Waals surface area (Å²) in [5, 5.41) is 4.37. The van der Waals surface area contributed by atoms with Gasteiger partial charge in [0.15, 0.2) is 0 Å². The zero-order valence-electron chi connectivity index (χ0n) is 8.85. The smallest absolute Gasteiger partial charge is 0.218 e. The van der Waals surface area contributed by atoms with Crippen molar-refractivity contribution in [2.45, 2.75) is 6.43 Å². The topological polar surface area (TPSA) is 30.7 Å². The number of fused-ring (bicyclic) bond motifs is 1. The van der Waals surface area contributed by atoms with E-state index < -0.39 is 6.43 Å². The molecule has 0 aliphatic heterocycles. The van der Waals surface area contributed by atoms with Crippen molar-refractivity contribution < 1.29 is 8.78 Å². The van der Waals surface area contributed by atoms with Gasteiger partial charge in [0.05, 0.1) is 10.2 Å². The van der Waals surface area contributed by atoms with Gasteiger partial charge in [-0.2, -0.15) is 9.78 Å². The first-order chi connectivity index (χ1) is 8.65. The highest BCUT2D eigenvalue weighted by molar-refractivity contribution is 7.20. The van der Waals surface area contributed by atoms with Crippen LogP contribution in [0.1, 0.15) is 12.1 Å². The molecule has 0 aliphatic carbocycles. The second-order valence-corrected chi connectivity index (χ2v) is 4.96. The Bertz CT molecular complexity index is 674. The summed E-state index contributed by atoms with van der Waals surface area (Å²) in [7, 11) is 0. The van der Waals surface area contributed by atoms with Crippen LogP contribution in [-0.2, 0) is 0 Å². The molecule has 0 atom stereocenters. The van der Waals surface area contributed by atoms with Crippen LogP contribution in [-0.4, -0.2) is 14.8 Å². The average Bonchev–Trinajstić information content (AvgIpc) is 2.91. The molecule has 0 bridgehead atoms. The molecule has 18 heavy (non-hydrogen) atoms. The highest BCUT2D eigenvalue weighted by atomic mass is 35.5. The predicted molar refractivity (Wildman–Crippen MR) is 66.7 cm³/mol. The number of para-hydroxylation sites is 1. The highest BCUT2D eigenvalue weighted by Gasteiger charge is 2.17. The van der Waals surface area contributed by atoms with Crippen LogP contribution in [0, 0.1) is 0 Å².